The van der Waals surface area contributed by atoms with E-state index < -0.39 is 0 Å². The number of phenolic OH excluding ortho intramolecular Hbond substituents is 1. The predicted molar refractivity (Wildman–Crippen MR) is 86.0 cm³/mol. The maximum Gasteiger partial charge on any atom is 0.118 e. The molecule has 0 aromatic heterocycles. The van der Waals surface area contributed by atoms with E-state index in [0.29, 0.717) is 0 Å². The minimum absolute atomic E-state index is 0.0165. The minimum Gasteiger partial charge on any atom is -0.508 e. The highest BCUT2D eigenvalue weighted by Gasteiger charge is 2.37. The number of methoxy groups -OCH3 is 1. The average Bonchev–Trinajstić information content (AvgIpc) is 2.84. The molecule has 3 rings (SSSR count). The predicted octanol–water partition coefficient (Wildman–Crippen LogP) is 4.41. The quantitative estimate of drug-likeness (QED) is 0.853. The van der Waals surface area contributed by atoms with E-state index in [1.807, 2.05) is 36.4 Å². The summed E-state index contributed by atoms with van der Waals surface area (Å²) in [6, 6.07) is 15.1. The van der Waals surface area contributed by atoms with Gasteiger partial charge in [-0.25, -0.2) is 0 Å². The maximum atomic E-state index is 9.42. The Labute approximate surface area is 130 Å². The van der Waals surface area contributed by atoms with Gasteiger partial charge in [0.05, 0.1) is 13.2 Å². The minimum atomic E-state index is -0.136. The molecule has 1 aliphatic rings. The van der Waals surface area contributed by atoms with Crippen molar-refractivity contribution in [2.45, 2.75) is 19.1 Å². The molecule has 1 N–H and O–H groups in total. The van der Waals surface area contributed by atoms with Crippen LogP contribution < -0.4 is 4.74 Å². The van der Waals surface area contributed by atoms with Crippen molar-refractivity contribution in [2.75, 3.05) is 7.11 Å². The fourth-order valence-electron chi connectivity index (χ4n) is 2.89. The number of benzene rings is 2. The Bertz CT molecular complexity index is 658. The number of ether oxygens (including phenoxy) is 2. The highest BCUT2D eigenvalue weighted by atomic mass is 16.5. The van der Waals surface area contributed by atoms with E-state index in [4.69, 9.17) is 9.47 Å². The summed E-state index contributed by atoms with van der Waals surface area (Å²) in [7, 11) is 1.66. The molecule has 3 heteroatoms. The first kappa shape index (κ1) is 14.7. The molecule has 114 valence electrons. The first-order valence-electron chi connectivity index (χ1n) is 7.37. The summed E-state index contributed by atoms with van der Waals surface area (Å²) >= 11 is 0. The Hall–Kier alpha value is -2.26. The molecule has 22 heavy (non-hydrogen) atoms. The zero-order chi connectivity index (χ0) is 15.7. The number of hydrogen-bond donors (Lipinski definition) is 1. The molecule has 3 unspecified atom stereocenters. The van der Waals surface area contributed by atoms with Gasteiger partial charge in [0.15, 0.2) is 0 Å². The van der Waals surface area contributed by atoms with Gasteiger partial charge in [-0.05, 0) is 41.0 Å². The second kappa shape index (κ2) is 5.85. The van der Waals surface area contributed by atoms with Crippen LogP contribution in [0.25, 0.3) is 0 Å². The molecule has 0 amide bonds. The third-order valence-electron chi connectivity index (χ3n) is 4.30. The summed E-state index contributed by atoms with van der Waals surface area (Å²) in [5.41, 5.74) is 3.20. The van der Waals surface area contributed by atoms with E-state index in [2.05, 4.69) is 13.5 Å². The van der Waals surface area contributed by atoms with Gasteiger partial charge in [-0.1, -0.05) is 37.8 Å². The molecule has 0 radical (unpaired) electrons. The van der Waals surface area contributed by atoms with Crippen LogP contribution in [-0.4, -0.2) is 12.2 Å². The van der Waals surface area contributed by atoms with Crippen LogP contribution in [0.3, 0.4) is 0 Å². The van der Waals surface area contributed by atoms with Crippen LogP contribution in [0.1, 0.15) is 30.3 Å². The number of hydrogen-bond acceptors (Lipinski definition) is 3. The van der Waals surface area contributed by atoms with Crippen LogP contribution in [0.5, 0.6) is 11.5 Å². The van der Waals surface area contributed by atoms with Crippen LogP contribution in [0.15, 0.2) is 60.7 Å². The largest absolute Gasteiger partial charge is 0.508 e. The third kappa shape index (κ3) is 2.60. The molecular weight excluding hydrogens is 276 g/mol. The van der Waals surface area contributed by atoms with Gasteiger partial charge < -0.3 is 14.6 Å². The Morgan fingerprint density at radius 2 is 1.59 bits per heavy atom. The molecule has 0 bridgehead atoms. The van der Waals surface area contributed by atoms with Crippen molar-refractivity contribution >= 4 is 0 Å². The fraction of sp³-hybridized carbons (Fsp3) is 0.263. The zero-order valence-corrected chi connectivity index (χ0v) is 12.8. The summed E-state index contributed by atoms with van der Waals surface area (Å²) in [5, 5.41) is 9.42. The monoisotopic (exact) mass is 296 g/mol. The van der Waals surface area contributed by atoms with E-state index in [1.54, 1.807) is 19.2 Å². The molecular formula is C19H20O3. The SMILES string of the molecule is C=C1C(c2ccc(O)cc2)OC(c2ccc(OC)cc2)C1C. The Balaban J connectivity index is 1.85. The lowest BCUT2D eigenvalue weighted by Gasteiger charge is -2.16. The molecule has 0 saturated carbocycles. The second-order valence-corrected chi connectivity index (χ2v) is 5.67. The van der Waals surface area contributed by atoms with Crippen molar-refractivity contribution < 1.29 is 14.6 Å². The van der Waals surface area contributed by atoms with Crippen LogP contribution in [0.4, 0.5) is 0 Å². The zero-order valence-electron chi connectivity index (χ0n) is 12.8. The highest BCUT2D eigenvalue weighted by molar-refractivity contribution is 5.36. The molecule has 1 aliphatic heterocycles. The Morgan fingerprint density at radius 1 is 1.00 bits per heavy atom. The number of rotatable bonds is 3. The van der Waals surface area contributed by atoms with Gasteiger partial charge in [0.1, 0.15) is 17.6 Å². The van der Waals surface area contributed by atoms with Gasteiger partial charge in [-0.15, -0.1) is 0 Å². The summed E-state index contributed by atoms with van der Waals surface area (Å²) < 4.78 is 11.4. The second-order valence-electron chi connectivity index (χ2n) is 5.67. The van der Waals surface area contributed by atoms with Crippen molar-refractivity contribution in [1.29, 1.82) is 0 Å². The molecule has 2 aromatic carbocycles. The fourth-order valence-corrected chi connectivity index (χ4v) is 2.89. The average molecular weight is 296 g/mol. The highest BCUT2D eigenvalue weighted by Crippen LogP contribution is 2.48. The maximum absolute atomic E-state index is 9.42. The van der Waals surface area contributed by atoms with E-state index in [1.165, 1.54) is 0 Å². The van der Waals surface area contributed by atoms with Gasteiger partial charge in [-0.3, -0.25) is 0 Å². The molecule has 3 atom stereocenters. The normalized spacial score (nSPS) is 24.5. The van der Waals surface area contributed by atoms with Crippen LogP contribution in [0, 0.1) is 5.92 Å². The molecule has 0 spiro atoms. The lowest BCUT2D eigenvalue weighted by molar-refractivity contribution is 0.0389. The van der Waals surface area contributed by atoms with Gasteiger partial charge in [-0.2, -0.15) is 0 Å². The van der Waals surface area contributed by atoms with Gasteiger partial charge in [0.2, 0.25) is 0 Å². The summed E-state index contributed by atoms with van der Waals surface area (Å²) in [6.45, 7) is 6.35. The standard InChI is InChI=1S/C19H20O3/c1-12-13(2)19(15-6-10-17(21-3)11-7-15)22-18(12)14-4-8-16(20)9-5-14/h4-11,13,18-20H,1H2,2-3H3. The summed E-state index contributed by atoms with van der Waals surface area (Å²) in [5.74, 6) is 1.32. The molecule has 0 aliphatic carbocycles. The number of aromatic hydroxyl groups is 1. The molecule has 3 nitrogen and oxygen atoms in total. The Morgan fingerprint density at radius 3 is 2.18 bits per heavy atom. The molecule has 2 aromatic rings. The number of phenols is 1. The lowest BCUT2D eigenvalue weighted by Crippen LogP contribution is -2.04. The van der Waals surface area contributed by atoms with Crippen molar-refractivity contribution in [1.82, 2.24) is 0 Å². The molecule has 1 saturated heterocycles. The van der Waals surface area contributed by atoms with Crippen LogP contribution in [-0.2, 0) is 4.74 Å². The van der Waals surface area contributed by atoms with Gasteiger partial charge >= 0.3 is 0 Å². The Kier molecular flexibility index (Phi) is 3.90. The summed E-state index contributed by atoms with van der Waals surface area (Å²) in [4.78, 5) is 0. The van der Waals surface area contributed by atoms with Crippen LogP contribution in [0.2, 0.25) is 0 Å². The van der Waals surface area contributed by atoms with Crippen molar-refractivity contribution in [2.24, 2.45) is 5.92 Å². The topological polar surface area (TPSA) is 38.7 Å². The molecule has 1 fully saturated rings. The van der Waals surface area contributed by atoms with E-state index in [-0.39, 0.29) is 23.9 Å². The first-order chi connectivity index (χ1) is 10.6. The van der Waals surface area contributed by atoms with Crippen molar-refractivity contribution in [3.05, 3.63) is 71.8 Å². The van der Waals surface area contributed by atoms with E-state index >= 15 is 0 Å². The van der Waals surface area contributed by atoms with Gasteiger partial charge in [0, 0.05) is 5.92 Å². The van der Waals surface area contributed by atoms with E-state index in [9.17, 15) is 5.11 Å². The van der Waals surface area contributed by atoms with Gasteiger partial charge in [0.25, 0.3) is 0 Å². The van der Waals surface area contributed by atoms with Crippen molar-refractivity contribution in [3.8, 4) is 11.5 Å². The first-order valence-corrected chi connectivity index (χ1v) is 7.37. The van der Waals surface area contributed by atoms with E-state index in [0.717, 1.165) is 22.4 Å². The summed E-state index contributed by atoms with van der Waals surface area (Å²) in [6.07, 6.45) is -0.153. The van der Waals surface area contributed by atoms with Crippen molar-refractivity contribution in [3.63, 3.8) is 0 Å². The molecule has 1 heterocycles. The lowest BCUT2D eigenvalue weighted by atomic mass is 9.90. The third-order valence-corrected chi connectivity index (χ3v) is 4.30. The van der Waals surface area contributed by atoms with Crippen LogP contribution >= 0.6 is 0 Å². The smallest absolute Gasteiger partial charge is 0.118 e.